The Morgan fingerprint density at radius 2 is 1.94 bits per heavy atom. The van der Waals surface area contributed by atoms with E-state index in [1.165, 1.54) is 18.5 Å². The topological polar surface area (TPSA) is 62.0 Å². The molecule has 0 unspecified atom stereocenters. The van der Waals surface area contributed by atoms with Crippen molar-refractivity contribution in [2.75, 3.05) is 5.32 Å². The first-order chi connectivity index (χ1) is 8.70. The van der Waals surface area contributed by atoms with Gasteiger partial charge in [-0.1, -0.05) is 12.1 Å². The van der Waals surface area contributed by atoms with E-state index in [1.807, 2.05) is 12.1 Å². The summed E-state index contributed by atoms with van der Waals surface area (Å²) in [6, 6.07) is 8.43. The Balaban J connectivity index is 2.16. The Kier molecular flexibility index (Phi) is 3.79. The zero-order valence-corrected chi connectivity index (χ0v) is 10.2. The number of aromatic nitrogens is 1. The lowest BCUT2D eigenvalue weighted by Crippen LogP contribution is -2.20. The smallest absolute Gasteiger partial charge is 0.261 e. The molecule has 0 saturated heterocycles. The molecule has 4 nitrogen and oxygen atoms in total. The van der Waals surface area contributed by atoms with Crippen LogP contribution in [0.3, 0.4) is 0 Å². The number of rotatable bonds is 3. The van der Waals surface area contributed by atoms with Gasteiger partial charge in [0.25, 0.3) is 5.91 Å². The largest absolute Gasteiger partial charge is 0.367 e. The van der Waals surface area contributed by atoms with Gasteiger partial charge in [-0.15, -0.1) is 11.6 Å². The van der Waals surface area contributed by atoms with E-state index >= 15 is 0 Å². The van der Waals surface area contributed by atoms with Gasteiger partial charge in [0.15, 0.2) is 5.43 Å². The maximum Gasteiger partial charge on any atom is 0.261 e. The highest BCUT2D eigenvalue weighted by molar-refractivity contribution is 6.17. The molecule has 0 atom stereocenters. The van der Waals surface area contributed by atoms with Gasteiger partial charge in [-0.25, -0.2) is 0 Å². The molecular weight excluding hydrogens is 252 g/mol. The first-order valence-corrected chi connectivity index (χ1v) is 5.87. The fourth-order valence-electron chi connectivity index (χ4n) is 1.47. The Morgan fingerprint density at radius 3 is 2.56 bits per heavy atom. The van der Waals surface area contributed by atoms with E-state index in [1.54, 1.807) is 12.1 Å². The van der Waals surface area contributed by atoms with Gasteiger partial charge in [0, 0.05) is 30.0 Å². The molecule has 1 amide bonds. The predicted molar refractivity (Wildman–Crippen MR) is 71.0 cm³/mol. The molecule has 0 aliphatic heterocycles. The number of halogens is 1. The minimum absolute atomic E-state index is 0.0823. The van der Waals surface area contributed by atoms with Crippen LogP contribution in [0.2, 0.25) is 0 Å². The summed E-state index contributed by atoms with van der Waals surface area (Å²) in [7, 11) is 0. The van der Waals surface area contributed by atoms with Crippen molar-refractivity contribution >= 4 is 23.2 Å². The molecule has 0 aliphatic rings. The minimum Gasteiger partial charge on any atom is -0.367 e. The van der Waals surface area contributed by atoms with Crippen LogP contribution in [0.25, 0.3) is 0 Å². The van der Waals surface area contributed by atoms with Crippen molar-refractivity contribution in [2.24, 2.45) is 0 Å². The highest BCUT2D eigenvalue weighted by atomic mass is 35.5. The number of anilines is 1. The van der Waals surface area contributed by atoms with Crippen LogP contribution in [0.1, 0.15) is 15.9 Å². The molecule has 0 aliphatic carbocycles. The molecule has 0 bridgehead atoms. The van der Waals surface area contributed by atoms with Gasteiger partial charge < -0.3 is 10.3 Å². The maximum absolute atomic E-state index is 11.8. The number of aromatic amines is 1. The second-order valence-corrected chi connectivity index (χ2v) is 3.97. The first-order valence-electron chi connectivity index (χ1n) is 5.34. The molecule has 2 aromatic rings. The number of pyridine rings is 1. The molecule has 1 heterocycles. The Hall–Kier alpha value is -2.07. The van der Waals surface area contributed by atoms with E-state index in [4.69, 9.17) is 11.6 Å². The number of H-pyrrole nitrogens is 1. The lowest BCUT2D eigenvalue weighted by atomic mass is 10.2. The molecule has 18 heavy (non-hydrogen) atoms. The highest BCUT2D eigenvalue weighted by Crippen LogP contribution is 2.11. The van der Waals surface area contributed by atoms with E-state index in [2.05, 4.69) is 10.3 Å². The van der Waals surface area contributed by atoms with E-state index in [0.29, 0.717) is 11.6 Å². The van der Waals surface area contributed by atoms with Crippen molar-refractivity contribution in [3.8, 4) is 0 Å². The van der Waals surface area contributed by atoms with Gasteiger partial charge >= 0.3 is 0 Å². The van der Waals surface area contributed by atoms with Crippen LogP contribution in [-0.4, -0.2) is 10.9 Å². The summed E-state index contributed by atoms with van der Waals surface area (Å²) in [4.78, 5) is 26.0. The molecule has 2 N–H and O–H groups in total. The fraction of sp³-hybridized carbons (Fsp3) is 0.0769. The van der Waals surface area contributed by atoms with Crippen LogP contribution in [0, 0.1) is 0 Å². The number of carbonyl (C=O) groups excluding carboxylic acids is 1. The molecule has 0 spiro atoms. The van der Waals surface area contributed by atoms with Crippen LogP contribution in [0.5, 0.6) is 0 Å². The average Bonchev–Trinajstić information content (AvgIpc) is 2.40. The second-order valence-electron chi connectivity index (χ2n) is 3.71. The molecule has 2 rings (SSSR count). The van der Waals surface area contributed by atoms with Crippen LogP contribution in [0.15, 0.2) is 47.5 Å². The summed E-state index contributed by atoms with van der Waals surface area (Å²) >= 11 is 5.67. The zero-order chi connectivity index (χ0) is 13.0. The average molecular weight is 263 g/mol. The third-order valence-electron chi connectivity index (χ3n) is 2.43. The summed E-state index contributed by atoms with van der Waals surface area (Å²) in [6.45, 7) is 0. The Labute approximate surface area is 109 Å². The minimum atomic E-state index is -0.435. The number of hydrogen-bond donors (Lipinski definition) is 2. The van der Waals surface area contributed by atoms with E-state index in [0.717, 1.165) is 5.56 Å². The summed E-state index contributed by atoms with van der Waals surface area (Å²) in [5, 5.41) is 2.65. The lowest BCUT2D eigenvalue weighted by molar-refractivity contribution is 0.102. The van der Waals surface area contributed by atoms with Crippen molar-refractivity contribution in [1.29, 1.82) is 0 Å². The van der Waals surface area contributed by atoms with Gasteiger partial charge in [-0.3, -0.25) is 9.59 Å². The quantitative estimate of drug-likeness (QED) is 0.834. The molecule has 5 heteroatoms. The number of carbonyl (C=O) groups is 1. The van der Waals surface area contributed by atoms with E-state index < -0.39 is 5.91 Å². The summed E-state index contributed by atoms with van der Waals surface area (Å²) in [6.07, 6.45) is 2.86. The molecule has 1 aromatic heterocycles. The summed E-state index contributed by atoms with van der Waals surface area (Å²) < 4.78 is 0. The molecular formula is C13H11ClN2O2. The first kappa shape index (κ1) is 12.4. The van der Waals surface area contributed by atoms with Gasteiger partial charge in [0.1, 0.15) is 5.56 Å². The Morgan fingerprint density at radius 1 is 1.22 bits per heavy atom. The monoisotopic (exact) mass is 262 g/mol. The van der Waals surface area contributed by atoms with Crippen molar-refractivity contribution in [2.45, 2.75) is 5.88 Å². The number of alkyl halides is 1. The lowest BCUT2D eigenvalue weighted by Gasteiger charge is -2.05. The van der Waals surface area contributed by atoms with E-state index in [-0.39, 0.29) is 11.0 Å². The maximum atomic E-state index is 11.8. The number of nitrogens with one attached hydrogen (secondary N) is 2. The third kappa shape index (κ3) is 2.78. The van der Waals surface area contributed by atoms with Crippen molar-refractivity contribution < 1.29 is 4.79 Å². The van der Waals surface area contributed by atoms with Crippen LogP contribution in [0.4, 0.5) is 5.69 Å². The normalized spacial score (nSPS) is 10.1. The van der Waals surface area contributed by atoms with Crippen LogP contribution in [-0.2, 0) is 5.88 Å². The molecule has 0 fully saturated rings. The number of amides is 1. The zero-order valence-electron chi connectivity index (χ0n) is 9.44. The van der Waals surface area contributed by atoms with Gasteiger partial charge in [-0.05, 0) is 17.7 Å². The standard InChI is InChI=1S/C13H11ClN2O2/c14-7-9-1-3-10(4-2-9)16-13(18)11-8-15-6-5-12(11)17/h1-6,8H,7H2,(H,15,17)(H,16,18). The van der Waals surface area contributed by atoms with Crippen molar-refractivity contribution in [1.82, 2.24) is 4.98 Å². The molecule has 0 radical (unpaired) electrons. The van der Waals surface area contributed by atoms with Crippen LogP contribution < -0.4 is 10.7 Å². The van der Waals surface area contributed by atoms with Crippen molar-refractivity contribution in [3.63, 3.8) is 0 Å². The second kappa shape index (κ2) is 5.51. The van der Waals surface area contributed by atoms with E-state index in [9.17, 15) is 9.59 Å². The van der Waals surface area contributed by atoms with Gasteiger partial charge in [0.2, 0.25) is 0 Å². The van der Waals surface area contributed by atoms with Crippen molar-refractivity contribution in [3.05, 3.63) is 64.1 Å². The number of benzene rings is 1. The summed E-state index contributed by atoms with van der Waals surface area (Å²) in [5.74, 6) is -0.0116. The number of hydrogen-bond acceptors (Lipinski definition) is 2. The summed E-state index contributed by atoms with van der Waals surface area (Å²) in [5.41, 5.74) is 1.35. The predicted octanol–water partition coefficient (Wildman–Crippen LogP) is 2.37. The highest BCUT2D eigenvalue weighted by Gasteiger charge is 2.09. The molecule has 1 aromatic carbocycles. The molecule has 0 saturated carbocycles. The Bertz CT molecular complexity index is 605. The fourth-order valence-corrected chi connectivity index (χ4v) is 1.65. The third-order valence-corrected chi connectivity index (χ3v) is 2.74. The van der Waals surface area contributed by atoms with Gasteiger partial charge in [0.05, 0.1) is 0 Å². The molecule has 92 valence electrons. The SMILES string of the molecule is O=C(Nc1ccc(CCl)cc1)c1c[nH]ccc1=O. The van der Waals surface area contributed by atoms with Crippen LogP contribution >= 0.6 is 11.6 Å². The van der Waals surface area contributed by atoms with Gasteiger partial charge in [-0.2, -0.15) is 0 Å².